The van der Waals surface area contributed by atoms with Crippen LogP contribution in [0.3, 0.4) is 0 Å². The number of aromatic nitrogens is 2. The monoisotopic (exact) mass is 354 g/mol. The molecule has 25 heavy (non-hydrogen) atoms. The summed E-state index contributed by atoms with van der Waals surface area (Å²) >= 11 is 1.40. The lowest BCUT2D eigenvalue weighted by Gasteiger charge is -2.17. The van der Waals surface area contributed by atoms with E-state index < -0.39 is 5.54 Å². The fraction of sp³-hybridized carbons (Fsp3) is 0.278. The number of anilines is 1. The summed E-state index contributed by atoms with van der Waals surface area (Å²) in [7, 11) is 0. The van der Waals surface area contributed by atoms with Crippen LogP contribution in [0.4, 0.5) is 5.69 Å². The molecule has 0 bridgehead atoms. The number of benzene rings is 1. The third-order valence-electron chi connectivity index (χ3n) is 4.48. The molecule has 0 aliphatic heterocycles. The number of nitrogens with one attached hydrogen (secondary N) is 1. The molecule has 6 nitrogen and oxygen atoms in total. The normalized spacial score (nSPS) is 16.0. The van der Waals surface area contributed by atoms with Crippen LogP contribution >= 0.6 is 11.3 Å². The first-order valence-electron chi connectivity index (χ1n) is 8.22. The number of carbonyl (C=O) groups is 1. The van der Waals surface area contributed by atoms with E-state index in [0.717, 1.165) is 31.2 Å². The quantitative estimate of drug-likeness (QED) is 0.743. The molecule has 1 amide bonds. The molecular weight excluding hydrogens is 336 g/mol. The van der Waals surface area contributed by atoms with Gasteiger partial charge in [-0.05, 0) is 42.5 Å². The molecule has 4 rings (SSSR count). The van der Waals surface area contributed by atoms with Crippen molar-refractivity contribution in [3.8, 4) is 11.5 Å². The topological polar surface area (TPSA) is 94.0 Å². The van der Waals surface area contributed by atoms with Crippen LogP contribution in [0.25, 0.3) is 11.5 Å². The molecular formula is C18H18N4O2S. The Balaban J connectivity index is 1.55. The SMILES string of the molecule is NC1(c2noc(-c3cccc(NC(=O)c4cccs4)c3)n2)CCCC1. The van der Waals surface area contributed by atoms with Crippen molar-refractivity contribution in [2.75, 3.05) is 5.32 Å². The van der Waals surface area contributed by atoms with Gasteiger partial charge >= 0.3 is 0 Å². The van der Waals surface area contributed by atoms with Crippen LogP contribution in [-0.2, 0) is 5.54 Å². The van der Waals surface area contributed by atoms with Crippen LogP contribution in [0.2, 0.25) is 0 Å². The Morgan fingerprint density at radius 2 is 2.08 bits per heavy atom. The highest BCUT2D eigenvalue weighted by Gasteiger charge is 2.36. The van der Waals surface area contributed by atoms with Gasteiger partial charge in [-0.2, -0.15) is 4.98 Å². The van der Waals surface area contributed by atoms with Crippen LogP contribution in [0.15, 0.2) is 46.3 Å². The highest BCUT2D eigenvalue weighted by Crippen LogP contribution is 2.35. The van der Waals surface area contributed by atoms with E-state index in [1.54, 1.807) is 6.07 Å². The van der Waals surface area contributed by atoms with Gasteiger partial charge in [-0.3, -0.25) is 4.79 Å². The molecule has 2 aromatic heterocycles. The van der Waals surface area contributed by atoms with Gasteiger partial charge in [0.05, 0.1) is 10.4 Å². The standard InChI is InChI=1S/C18H18N4O2S/c19-18(8-1-2-9-18)17-21-16(24-22-17)12-5-3-6-13(11-12)20-15(23)14-7-4-10-25-14/h3-7,10-11H,1-2,8-9,19H2,(H,20,23). The second-order valence-corrected chi connectivity index (χ2v) is 7.25. The van der Waals surface area contributed by atoms with E-state index in [1.807, 2.05) is 35.7 Å². The van der Waals surface area contributed by atoms with E-state index in [-0.39, 0.29) is 5.91 Å². The zero-order valence-electron chi connectivity index (χ0n) is 13.6. The lowest BCUT2D eigenvalue weighted by Crippen LogP contribution is -2.34. The number of nitrogens with zero attached hydrogens (tertiary/aromatic N) is 2. The Kier molecular flexibility index (Phi) is 4.10. The Bertz CT molecular complexity index is 882. The van der Waals surface area contributed by atoms with Crippen molar-refractivity contribution in [1.29, 1.82) is 0 Å². The van der Waals surface area contributed by atoms with Gasteiger partial charge in [0.25, 0.3) is 11.8 Å². The second-order valence-electron chi connectivity index (χ2n) is 6.30. The first-order valence-corrected chi connectivity index (χ1v) is 9.10. The van der Waals surface area contributed by atoms with E-state index in [9.17, 15) is 4.79 Å². The maximum Gasteiger partial charge on any atom is 0.265 e. The van der Waals surface area contributed by atoms with Gasteiger partial charge in [0.1, 0.15) is 0 Å². The number of hydrogen-bond donors (Lipinski definition) is 2. The molecule has 0 radical (unpaired) electrons. The van der Waals surface area contributed by atoms with Crippen LogP contribution in [0.1, 0.15) is 41.2 Å². The summed E-state index contributed by atoms with van der Waals surface area (Å²) in [5.74, 6) is 0.845. The summed E-state index contributed by atoms with van der Waals surface area (Å²) in [5.41, 5.74) is 7.34. The molecule has 0 saturated heterocycles. The van der Waals surface area contributed by atoms with E-state index in [4.69, 9.17) is 10.3 Å². The van der Waals surface area contributed by atoms with E-state index in [0.29, 0.717) is 22.3 Å². The maximum atomic E-state index is 12.2. The predicted octanol–water partition coefficient (Wildman–Crippen LogP) is 3.78. The number of thiophene rings is 1. The highest BCUT2D eigenvalue weighted by atomic mass is 32.1. The van der Waals surface area contributed by atoms with Crippen molar-refractivity contribution in [3.63, 3.8) is 0 Å². The summed E-state index contributed by atoms with van der Waals surface area (Å²) in [6, 6.07) is 11.0. The molecule has 1 fully saturated rings. The van der Waals surface area contributed by atoms with Gasteiger partial charge in [-0.25, -0.2) is 0 Å². The summed E-state index contributed by atoms with van der Waals surface area (Å²) in [6.07, 6.45) is 3.93. The predicted molar refractivity (Wildman–Crippen MR) is 96.3 cm³/mol. The average molecular weight is 354 g/mol. The number of hydrogen-bond acceptors (Lipinski definition) is 6. The average Bonchev–Trinajstić information content (AvgIpc) is 3.37. The summed E-state index contributed by atoms with van der Waals surface area (Å²) in [5, 5.41) is 8.83. The smallest absolute Gasteiger partial charge is 0.265 e. The fourth-order valence-corrected chi connectivity index (χ4v) is 3.72. The second kappa shape index (κ2) is 6.42. The van der Waals surface area contributed by atoms with Gasteiger partial charge in [0.15, 0.2) is 5.82 Å². The number of rotatable bonds is 4. The Morgan fingerprint density at radius 1 is 1.24 bits per heavy atom. The van der Waals surface area contributed by atoms with Gasteiger partial charge in [0, 0.05) is 11.3 Å². The zero-order valence-corrected chi connectivity index (χ0v) is 14.4. The molecule has 1 aliphatic rings. The molecule has 0 spiro atoms. The number of amides is 1. The van der Waals surface area contributed by atoms with E-state index in [2.05, 4.69) is 15.5 Å². The minimum absolute atomic E-state index is 0.134. The largest absolute Gasteiger partial charge is 0.334 e. The summed E-state index contributed by atoms with van der Waals surface area (Å²) in [4.78, 5) is 17.3. The molecule has 128 valence electrons. The molecule has 1 aromatic carbocycles. The molecule has 7 heteroatoms. The number of nitrogens with two attached hydrogens (primary N) is 1. The minimum atomic E-state index is -0.479. The summed E-state index contributed by atoms with van der Waals surface area (Å²) in [6.45, 7) is 0. The number of carbonyl (C=O) groups excluding carboxylic acids is 1. The van der Waals surface area contributed by atoms with Crippen LogP contribution in [0.5, 0.6) is 0 Å². The molecule has 2 heterocycles. The van der Waals surface area contributed by atoms with Crippen molar-refractivity contribution in [2.24, 2.45) is 5.73 Å². The van der Waals surface area contributed by atoms with E-state index in [1.165, 1.54) is 11.3 Å². The van der Waals surface area contributed by atoms with Crippen molar-refractivity contribution < 1.29 is 9.32 Å². The van der Waals surface area contributed by atoms with Crippen molar-refractivity contribution in [2.45, 2.75) is 31.2 Å². The molecule has 0 atom stereocenters. The molecule has 3 N–H and O–H groups in total. The third kappa shape index (κ3) is 3.20. The van der Waals surface area contributed by atoms with Crippen molar-refractivity contribution in [3.05, 3.63) is 52.5 Å². The summed E-state index contributed by atoms with van der Waals surface area (Å²) < 4.78 is 5.41. The molecule has 1 saturated carbocycles. The Morgan fingerprint density at radius 3 is 2.84 bits per heavy atom. The first kappa shape index (κ1) is 16.0. The molecule has 3 aromatic rings. The zero-order chi connectivity index (χ0) is 17.3. The molecule has 1 aliphatic carbocycles. The third-order valence-corrected chi connectivity index (χ3v) is 5.35. The van der Waals surface area contributed by atoms with Gasteiger partial charge < -0.3 is 15.6 Å². The van der Waals surface area contributed by atoms with Crippen LogP contribution < -0.4 is 11.1 Å². The van der Waals surface area contributed by atoms with Gasteiger partial charge in [-0.1, -0.05) is 30.1 Å². The van der Waals surface area contributed by atoms with Gasteiger partial charge in [-0.15, -0.1) is 11.3 Å². The minimum Gasteiger partial charge on any atom is -0.334 e. The van der Waals surface area contributed by atoms with Crippen LogP contribution in [-0.4, -0.2) is 16.0 Å². The van der Waals surface area contributed by atoms with Crippen molar-refractivity contribution >= 4 is 22.9 Å². The highest BCUT2D eigenvalue weighted by molar-refractivity contribution is 7.12. The Labute approximate surface area is 149 Å². The van der Waals surface area contributed by atoms with E-state index >= 15 is 0 Å². The molecule has 0 unspecified atom stereocenters. The maximum absolute atomic E-state index is 12.2. The van der Waals surface area contributed by atoms with Crippen LogP contribution in [0, 0.1) is 0 Å². The van der Waals surface area contributed by atoms with Gasteiger partial charge in [0.2, 0.25) is 0 Å². The Hall–Kier alpha value is -2.51. The lowest BCUT2D eigenvalue weighted by molar-refractivity contribution is 0.103. The fourth-order valence-electron chi connectivity index (χ4n) is 3.10. The lowest BCUT2D eigenvalue weighted by atomic mass is 9.99. The first-order chi connectivity index (χ1) is 12.1. The van der Waals surface area contributed by atoms with Crippen molar-refractivity contribution in [1.82, 2.24) is 10.1 Å².